The van der Waals surface area contributed by atoms with Crippen molar-refractivity contribution in [2.75, 3.05) is 13.6 Å². The van der Waals surface area contributed by atoms with Crippen LogP contribution in [0.2, 0.25) is 0 Å². The van der Waals surface area contributed by atoms with Crippen molar-refractivity contribution in [3.8, 4) is 0 Å². The first-order valence-corrected chi connectivity index (χ1v) is 6.36. The summed E-state index contributed by atoms with van der Waals surface area (Å²) in [5.74, 6) is 0.133. The van der Waals surface area contributed by atoms with Crippen LogP contribution in [-0.2, 0) is 4.79 Å². The lowest BCUT2D eigenvalue weighted by atomic mass is 9.87. The molecule has 3 fully saturated rings. The van der Waals surface area contributed by atoms with E-state index in [0.29, 0.717) is 12.0 Å². The Balaban J connectivity index is 1.86. The van der Waals surface area contributed by atoms with E-state index in [-0.39, 0.29) is 6.04 Å². The molecule has 0 aromatic carbocycles. The number of hydrogen-bond donors (Lipinski definition) is 1. The number of carboxylic acid groups (broad SMARTS) is 1. The standard InChI is InChI=1S/C12H20N2O2/c1-13-8-9-3-2-5-12(9)6-4-10(14(12)13)7-11(15)16/h9-10H,2-8H2,1H3,(H,15,16). The highest BCUT2D eigenvalue weighted by Crippen LogP contribution is 2.54. The molecule has 2 aliphatic heterocycles. The van der Waals surface area contributed by atoms with Gasteiger partial charge in [-0.15, -0.1) is 0 Å². The van der Waals surface area contributed by atoms with Crippen molar-refractivity contribution in [1.82, 2.24) is 10.0 Å². The maximum Gasteiger partial charge on any atom is 0.304 e. The first-order valence-electron chi connectivity index (χ1n) is 6.36. The third-order valence-corrected chi connectivity index (χ3v) is 4.90. The van der Waals surface area contributed by atoms with E-state index in [1.54, 1.807) is 0 Å². The average molecular weight is 224 g/mol. The predicted molar refractivity (Wildman–Crippen MR) is 59.8 cm³/mol. The van der Waals surface area contributed by atoms with Crippen LogP contribution < -0.4 is 0 Å². The number of aliphatic carboxylic acids is 1. The molecule has 3 atom stereocenters. The van der Waals surface area contributed by atoms with E-state index in [1.165, 1.54) is 25.7 Å². The maximum absolute atomic E-state index is 10.9. The lowest BCUT2D eigenvalue weighted by molar-refractivity contribution is -0.140. The highest BCUT2D eigenvalue weighted by atomic mass is 16.4. The zero-order valence-corrected chi connectivity index (χ0v) is 9.85. The van der Waals surface area contributed by atoms with Gasteiger partial charge in [0.2, 0.25) is 0 Å². The molecule has 4 nitrogen and oxygen atoms in total. The third-order valence-electron chi connectivity index (χ3n) is 4.90. The van der Waals surface area contributed by atoms with Gasteiger partial charge in [0.15, 0.2) is 0 Å². The second kappa shape index (κ2) is 3.44. The Morgan fingerprint density at radius 3 is 3.00 bits per heavy atom. The summed E-state index contributed by atoms with van der Waals surface area (Å²) in [4.78, 5) is 10.9. The van der Waals surface area contributed by atoms with E-state index in [0.717, 1.165) is 18.9 Å². The van der Waals surface area contributed by atoms with Gasteiger partial charge in [0.05, 0.1) is 6.42 Å². The van der Waals surface area contributed by atoms with Crippen molar-refractivity contribution < 1.29 is 9.90 Å². The number of carbonyl (C=O) groups is 1. The molecular formula is C12H20N2O2. The van der Waals surface area contributed by atoms with Gasteiger partial charge in [-0.2, -0.15) is 0 Å². The lowest BCUT2D eigenvalue weighted by Crippen LogP contribution is -2.48. The highest BCUT2D eigenvalue weighted by Gasteiger charge is 2.59. The Morgan fingerprint density at radius 2 is 2.25 bits per heavy atom. The fourth-order valence-electron chi connectivity index (χ4n) is 4.45. The molecule has 1 N–H and O–H groups in total. The minimum Gasteiger partial charge on any atom is -0.481 e. The fourth-order valence-corrected chi connectivity index (χ4v) is 4.45. The smallest absolute Gasteiger partial charge is 0.304 e. The monoisotopic (exact) mass is 224 g/mol. The number of hydrazine groups is 1. The number of rotatable bonds is 2. The Hall–Kier alpha value is -0.610. The molecular weight excluding hydrogens is 204 g/mol. The normalized spacial score (nSPS) is 43.6. The van der Waals surface area contributed by atoms with Crippen LogP contribution in [0, 0.1) is 5.92 Å². The van der Waals surface area contributed by atoms with Crippen molar-refractivity contribution in [1.29, 1.82) is 0 Å². The summed E-state index contributed by atoms with van der Waals surface area (Å²) in [6.07, 6.45) is 6.51. The molecule has 2 saturated heterocycles. The summed E-state index contributed by atoms with van der Waals surface area (Å²) >= 11 is 0. The van der Waals surface area contributed by atoms with Crippen molar-refractivity contribution in [3.05, 3.63) is 0 Å². The minimum absolute atomic E-state index is 0.241. The van der Waals surface area contributed by atoms with E-state index in [1.807, 2.05) is 0 Å². The van der Waals surface area contributed by atoms with Crippen LogP contribution in [-0.4, -0.2) is 46.3 Å². The molecule has 3 aliphatic rings. The summed E-state index contributed by atoms with van der Waals surface area (Å²) in [6.45, 7) is 1.14. The Labute approximate surface area is 96.2 Å². The molecule has 0 radical (unpaired) electrons. The molecule has 0 amide bonds. The number of nitrogens with zero attached hydrogens (tertiary/aromatic N) is 2. The summed E-state index contributed by atoms with van der Waals surface area (Å²) in [5, 5.41) is 13.7. The summed E-state index contributed by atoms with van der Waals surface area (Å²) in [7, 11) is 2.13. The van der Waals surface area contributed by atoms with Crippen LogP contribution in [0.25, 0.3) is 0 Å². The number of hydrogen-bond acceptors (Lipinski definition) is 3. The predicted octanol–water partition coefficient (Wildman–Crippen LogP) is 1.32. The van der Waals surface area contributed by atoms with Gasteiger partial charge >= 0.3 is 5.97 Å². The van der Waals surface area contributed by atoms with Crippen molar-refractivity contribution in [3.63, 3.8) is 0 Å². The molecule has 1 aliphatic carbocycles. The zero-order chi connectivity index (χ0) is 11.3. The molecule has 16 heavy (non-hydrogen) atoms. The molecule has 1 spiro atoms. The molecule has 90 valence electrons. The van der Waals surface area contributed by atoms with Crippen molar-refractivity contribution >= 4 is 5.97 Å². The van der Waals surface area contributed by atoms with Gasteiger partial charge in [0.1, 0.15) is 0 Å². The molecule has 0 aromatic rings. The molecule has 1 saturated carbocycles. The van der Waals surface area contributed by atoms with Crippen LogP contribution in [0.15, 0.2) is 0 Å². The first-order chi connectivity index (χ1) is 7.63. The number of carboxylic acids is 1. The van der Waals surface area contributed by atoms with E-state index in [9.17, 15) is 4.79 Å². The molecule has 3 unspecified atom stereocenters. The topological polar surface area (TPSA) is 43.8 Å². The summed E-state index contributed by atoms with van der Waals surface area (Å²) in [6, 6.07) is 0.241. The third kappa shape index (κ3) is 1.26. The second-order valence-electron chi connectivity index (χ2n) is 5.67. The molecule has 4 heteroatoms. The van der Waals surface area contributed by atoms with Crippen LogP contribution in [0.4, 0.5) is 0 Å². The molecule has 0 aromatic heterocycles. The van der Waals surface area contributed by atoms with Gasteiger partial charge in [-0.05, 0) is 31.6 Å². The molecule has 2 heterocycles. The van der Waals surface area contributed by atoms with Gasteiger partial charge in [-0.1, -0.05) is 6.42 Å². The summed E-state index contributed by atoms with van der Waals surface area (Å²) < 4.78 is 0. The van der Waals surface area contributed by atoms with E-state index in [4.69, 9.17) is 5.11 Å². The maximum atomic E-state index is 10.9. The lowest BCUT2D eigenvalue weighted by Gasteiger charge is -2.37. The van der Waals surface area contributed by atoms with Gasteiger partial charge < -0.3 is 5.11 Å². The molecule has 3 rings (SSSR count). The van der Waals surface area contributed by atoms with Crippen LogP contribution >= 0.6 is 0 Å². The summed E-state index contributed by atoms with van der Waals surface area (Å²) in [5.41, 5.74) is 0.342. The Morgan fingerprint density at radius 1 is 1.44 bits per heavy atom. The van der Waals surface area contributed by atoms with Gasteiger partial charge in [0, 0.05) is 25.2 Å². The average Bonchev–Trinajstić information content (AvgIpc) is 2.78. The van der Waals surface area contributed by atoms with Gasteiger partial charge in [-0.3, -0.25) is 4.79 Å². The van der Waals surface area contributed by atoms with E-state index in [2.05, 4.69) is 17.1 Å². The largest absolute Gasteiger partial charge is 0.481 e. The van der Waals surface area contributed by atoms with Gasteiger partial charge in [-0.25, -0.2) is 10.0 Å². The van der Waals surface area contributed by atoms with Crippen LogP contribution in [0.1, 0.15) is 38.5 Å². The van der Waals surface area contributed by atoms with Crippen molar-refractivity contribution in [2.45, 2.75) is 50.1 Å². The highest BCUT2D eigenvalue weighted by molar-refractivity contribution is 5.67. The van der Waals surface area contributed by atoms with Crippen molar-refractivity contribution in [2.24, 2.45) is 5.92 Å². The minimum atomic E-state index is -0.656. The molecule has 0 bridgehead atoms. The van der Waals surface area contributed by atoms with Crippen LogP contribution in [0.3, 0.4) is 0 Å². The zero-order valence-electron chi connectivity index (χ0n) is 9.85. The SMILES string of the molecule is CN1CC2CCCC23CCC(CC(=O)O)N13. The van der Waals surface area contributed by atoms with Gasteiger partial charge in [0.25, 0.3) is 0 Å². The quantitative estimate of drug-likeness (QED) is 0.768. The Bertz CT molecular complexity index is 320. The van der Waals surface area contributed by atoms with E-state index >= 15 is 0 Å². The fraction of sp³-hybridized carbons (Fsp3) is 0.917. The second-order valence-corrected chi connectivity index (χ2v) is 5.67. The first kappa shape index (κ1) is 10.5. The van der Waals surface area contributed by atoms with Crippen LogP contribution in [0.5, 0.6) is 0 Å². The Kier molecular flexibility index (Phi) is 2.27. The van der Waals surface area contributed by atoms with E-state index < -0.39 is 5.97 Å².